The minimum Gasteiger partial charge on any atom is -0.495 e. The monoisotopic (exact) mass is 339 g/mol. The summed E-state index contributed by atoms with van der Waals surface area (Å²) in [5.41, 5.74) is 0.106. The number of hydrogen-bond acceptors (Lipinski definition) is 6. The van der Waals surface area contributed by atoms with Crippen LogP contribution in [-0.2, 0) is 9.59 Å². The van der Waals surface area contributed by atoms with Crippen molar-refractivity contribution in [3.63, 3.8) is 0 Å². The van der Waals surface area contributed by atoms with Gasteiger partial charge in [-0.2, -0.15) is 5.26 Å². The molecule has 0 radical (unpaired) electrons. The number of carboxylic acid groups (broad SMARTS) is 1. The highest BCUT2D eigenvalue weighted by Gasteiger charge is 2.12. The topological polar surface area (TPSA) is 121 Å². The number of nitriles is 1. The fourth-order valence-electron chi connectivity index (χ4n) is 1.52. The number of amides is 1. The van der Waals surface area contributed by atoms with Crippen molar-refractivity contribution >= 4 is 29.2 Å². The molecule has 0 atom stereocenters. The van der Waals surface area contributed by atoms with E-state index in [4.69, 9.17) is 31.4 Å². The first-order valence-electron chi connectivity index (χ1n) is 6.21. The van der Waals surface area contributed by atoms with Crippen molar-refractivity contribution in [3.05, 3.63) is 28.9 Å². The van der Waals surface area contributed by atoms with E-state index in [1.54, 1.807) is 6.07 Å². The molecular weight excluding hydrogens is 326 g/mol. The standard InChI is InChI=1S/C14H14ClN3O5/c1-22-11-4-10(12(23-2)3-9(11)15)17-6-8(5-16)14(21)18-7-13(19)20/h3-4,6,17H,7H2,1-2H3,(H,18,21)(H,19,20)/b8-6-. The maximum Gasteiger partial charge on any atom is 0.322 e. The summed E-state index contributed by atoms with van der Waals surface area (Å²) in [6, 6.07) is 4.71. The molecule has 23 heavy (non-hydrogen) atoms. The lowest BCUT2D eigenvalue weighted by Gasteiger charge is -2.12. The first-order valence-corrected chi connectivity index (χ1v) is 6.59. The van der Waals surface area contributed by atoms with Gasteiger partial charge < -0.3 is 25.2 Å². The molecule has 8 nitrogen and oxygen atoms in total. The predicted molar refractivity (Wildman–Crippen MR) is 82.5 cm³/mol. The molecule has 1 rings (SSSR count). The summed E-state index contributed by atoms with van der Waals surface area (Å²) in [5.74, 6) is -1.29. The van der Waals surface area contributed by atoms with Gasteiger partial charge in [-0.15, -0.1) is 0 Å². The van der Waals surface area contributed by atoms with Crippen LogP contribution >= 0.6 is 11.6 Å². The first kappa shape index (κ1) is 18.1. The molecule has 0 aliphatic heterocycles. The molecule has 0 bridgehead atoms. The average molecular weight is 340 g/mol. The smallest absolute Gasteiger partial charge is 0.322 e. The summed E-state index contributed by atoms with van der Waals surface area (Å²) in [4.78, 5) is 22.1. The van der Waals surface area contributed by atoms with Gasteiger partial charge in [-0.25, -0.2) is 0 Å². The number of benzene rings is 1. The Hall–Kier alpha value is -2.92. The number of nitrogens with zero attached hydrogens (tertiary/aromatic N) is 1. The van der Waals surface area contributed by atoms with Gasteiger partial charge in [0.1, 0.15) is 29.7 Å². The van der Waals surface area contributed by atoms with Crippen LogP contribution in [0.2, 0.25) is 5.02 Å². The van der Waals surface area contributed by atoms with Gasteiger partial charge in [-0.1, -0.05) is 11.6 Å². The zero-order valence-corrected chi connectivity index (χ0v) is 13.1. The number of nitrogens with one attached hydrogen (secondary N) is 2. The maximum atomic E-state index is 11.6. The number of rotatable bonds is 7. The normalized spacial score (nSPS) is 10.4. The molecule has 0 unspecified atom stereocenters. The van der Waals surface area contributed by atoms with Crippen LogP contribution in [0.25, 0.3) is 0 Å². The molecule has 0 aromatic heterocycles. The molecule has 0 aliphatic carbocycles. The summed E-state index contributed by atoms with van der Waals surface area (Å²) in [5, 5.41) is 22.6. The number of halogens is 1. The zero-order valence-electron chi connectivity index (χ0n) is 12.3. The van der Waals surface area contributed by atoms with Crippen LogP contribution in [0.1, 0.15) is 0 Å². The van der Waals surface area contributed by atoms with Crippen LogP contribution < -0.4 is 20.1 Å². The molecule has 0 aliphatic rings. The van der Waals surface area contributed by atoms with E-state index in [9.17, 15) is 9.59 Å². The summed E-state index contributed by atoms with van der Waals surface area (Å²) in [6.45, 7) is -0.587. The molecule has 122 valence electrons. The van der Waals surface area contributed by atoms with Gasteiger partial charge >= 0.3 is 5.97 Å². The SMILES string of the molecule is COc1cc(N/C=C(/C#N)C(=O)NCC(=O)O)c(OC)cc1Cl. The molecule has 0 heterocycles. The molecule has 1 aromatic carbocycles. The fourth-order valence-corrected chi connectivity index (χ4v) is 1.75. The van der Waals surface area contributed by atoms with Crippen molar-refractivity contribution in [2.75, 3.05) is 26.1 Å². The molecule has 9 heteroatoms. The molecule has 0 saturated heterocycles. The van der Waals surface area contributed by atoms with Gasteiger partial charge in [-0.3, -0.25) is 9.59 Å². The van der Waals surface area contributed by atoms with Crippen LogP contribution in [0.3, 0.4) is 0 Å². The predicted octanol–water partition coefficient (Wildman–Crippen LogP) is 1.38. The number of carbonyl (C=O) groups excluding carboxylic acids is 1. The number of hydrogen-bond donors (Lipinski definition) is 3. The van der Waals surface area contributed by atoms with Gasteiger partial charge in [0.2, 0.25) is 0 Å². The Balaban J connectivity index is 2.99. The van der Waals surface area contributed by atoms with Crippen LogP contribution in [0, 0.1) is 11.3 Å². The Kier molecular flexibility index (Phi) is 6.70. The van der Waals surface area contributed by atoms with E-state index >= 15 is 0 Å². The number of carboxylic acids is 1. The Morgan fingerprint density at radius 3 is 2.52 bits per heavy atom. The lowest BCUT2D eigenvalue weighted by molar-refractivity contribution is -0.137. The summed E-state index contributed by atoms with van der Waals surface area (Å²) in [7, 11) is 2.87. The molecule has 0 fully saturated rings. The second-order valence-electron chi connectivity index (χ2n) is 4.08. The molecule has 1 aromatic rings. The minimum atomic E-state index is -1.22. The highest BCUT2D eigenvalue weighted by atomic mass is 35.5. The van der Waals surface area contributed by atoms with E-state index in [0.717, 1.165) is 6.20 Å². The van der Waals surface area contributed by atoms with Crippen molar-refractivity contribution in [1.82, 2.24) is 5.32 Å². The van der Waals surface area contributed by atoms with Crippen LogP contribution in [-0.4, -0.2) is 37.7 Å². The minimum absolute atomic E-state index is 0.304. The van der Waals surface area contributed by atoms with Crippen LogP contribution in [0.15, 0.2) is 23.9 Å². The summed E-state index contributed by atoms with van der Waals surface area (Å²) < 4.78 is 10.2. The molecular formula is C14H14ClN3O5. The van der Waals surface area contributed by atoms with Crippen molar-refractivity contribution in [2.24, 2.45) is 0 Å². The Morgan fingerprint density at radius 1 is 1.35 bits per heavy atom. The van der Waals surface area contributed by atoms with Crippen molar-refractivity contribution in [3.8, 4) is 17.6 Å². The summed E-state index contributed by atoms with van der Waals surface area (Å²) >= 11 is 5.97. The second kappa shape index (κ2) is 8.51. The zero-order chi connectivity index (χ0) is 17.4. The van der Waals surface area contributed by atoms with Gasteiger partial charge in [0.05, 0.1) is 24.9 Å². The number of ether oxygens (including phenoxy) is 2. The molecule has 0 saturated carbocycles. The average Bonchev–Trinajstić information content (AvgIpc) is 2.53. The van der Waals surface area contributed by atoms with Gasteiger partial charge in [0.15, 0.2) is 0 Å². The molecule has 0 spiro atoms. The maximum absolute atomic E-state index is 11.6. The van der Waals surface area contributed by atoms with E-state index in [2.05, 4.69) is 10.6 Å². The lowest BCUT2D eigenvalue weighted by Crippen LogP contribution is -2.30. The van der Waals surface area contributed by atoms with Crippen molar-refractivity contribution < 1.29 is 24.2 Å². The number of aliphatic carboxylic acids is 1. The Labute approximate surface area is 137 Å². The number of carbonyl (C=O) groups is 2. The van der Waals surface area contributed by atoms with Crippen LogP contribution in [0.5, 0.6) is 11.5 Å². The molecule has 3 N–H and O–H groups in total. The van der Waals surface area contributed by atoms with E-state index in [-0.39, 0.29) is 5.57 Å². The third-order valence-corrected chi connectivity index (χ3v) is 2.91. The van der Waals surface area contributed by atoms with E-state index < -0.39 is 18.4 Å². The number of methoxy groups -OCH3 is 2. The first-order chi connectivity index (χ1) is 10.9. The third kappa shape index (κ3) is 5.09. The second-order valence-corrected chi connectivity index (χ2v) is 4.48. The fraction of sp³-hybridized carbons (Fsp3) is 0.214. The van der Waals surface area contributed by atoms with E-state index in [1.807, 2.05) is 0 Å². The lowest BCUT2D eigenvalue weighted by atomic mass is 10.2. The quantitative estimate of drug-likeness (QED) is 0.507. The van der Waals surface area contributed by atoms with Crippen LogP contribution in [0.4, 0.5) is 5.69 Å². The van der Waals surface area contributed by atoms with E-state index in [1.165, 1.54) is 26.4 Å². The Bertz CT molecular complexity index is 682. The van der Waals surface area contributed by atoms with Gasteiger partial charge in [-0.05, 0) is 0 Å². The van der Waals surface area contributed by atoms with Gasteiger partial charge in [0, 0.05) is 18.3 Å². The van der Waals surface area contributed by atoms with Crippen molar-refractivity contribution in [2.45, 2.75) is 0 Å². The number of anilines is 1. The molecule has 1 amide bonds. The largest absolute Gasteiger partial charge is 0.495 e. The van der Waals surface area contributed by atoms with Crippen molar-refractivity contribution in [1.29, 1.82) is 5.26 Å². The highest BCUT2D eigenvalue weighted by molar-refractivity contribution is 6.32. The van der Waals surface area contributed by atoms with E-state index in [0.29, 0.717) is 22.2 Å². The van der Waals surface area contributed by atoms with Gasteiger partial charge in [0.25, 0.3) is 5.91 Å². The highest BCUT2D eigenvalue weighted by Crippen LogP contribution is 2.35. The third-order valence-electron chi connectivity index (χ3n) is 2.61. The Morgan fingerprint density at radius 2 is 2.00 bits per heavy atom. The summed E-state index contributed by atoms with van der Waals surface area (Å²) in [6.07, 6.45) is 1.13.